The molecule has 6 heteroatoms. The maximum atomic E-state index is 11.8. The van der Waals surface area contributed by atoms with Crippen LogP contribution in [0.25, 0.3) is 0 Å². The molecule has 0 heterocycles. The summed E-state index contributed by atoms with van der Waals surface area (Å²) >= 11 is 0. The average molecular weight is 280 g/mol. The topological polar surface area (TPSA) is 90.6 Å². The predicted molar refractivity (Wildman–Crippen MR) is 75.2 cm³/mol. The highest BCUT2D eigenvalue weighted by molar-refractivity contribution is 5.92. The third-order valence-electron chi connectivity index (χ3n) is 2.62. The van der Waals surface area contributed by atoms with E-state index < -0.39 is 12.1 Å². The summed E-state index contributed by atoms with van der Waals surface area (Å²) in [6, 6.07) is 6.32. The smallest absolute Gasteiger partial charge is 0.338 e. The molecule has 110 valence electrons. The van der Waals surface area contributed by atoms with Crippen LogP contribution >= 0.6 is 0 Å². The maximum absolute atomic E-state index is 11.8. The number of ether oxygens (including phenoxy) is 2. The second-order valence-corrected chi connectivity index (χ2v) is 4.31. The number of methoxy groups -OCH3 is 1. The van der Waals surface area contributed by atoms with Gasteiger partial charge in [0.05, 0.1) is 5.56 Å². The van der Waals surface area contributed by atoms with E-state index in [0.29, 0.717) is 30.8 Å². The Labute approximate surface area is 118 Å². The molecule has 0 aliphatic carbocycles. The van der Waals surface area contributed by atoms with Crippen molar-refractivity contribution in [2.24, 2.45) is 0 Å². The van der Waals surface area contributed by atoms with Gasteiger partial charge in [0.1, 0.15) is 0 Å². The van der Waals surface area contributed by atoms with Crippen LogP contribution < -0.4 is 11.1 Å². The zero-order valence-electron chi connectivity index (χ0n) is 11.7. The van der Waals surface area contributed by atoms with E-state index in [9.17, 15) is 9.59 Å². The molecule has 0 saturated heterocycles. The van der Waals surface area contributed by atoms with Crippen LogP contribution in [-0.4, -0.2) is 38.2 Å². The minimum Gasteiger partial charge on any atom is -0.449 e. The van der Waals surface area contributed by atoms with Gasteiger partial charge in [-0.15, -0.1) is 0 Å². The first kappa shape index (κ1) is 16.0. The minimum atomic E-state index is -0.845. The molecule has 0 aromatic heterocycles. The van der Waals surface area contributed by atoms with Crippen molar-refractivity contribution in [2.45, 2.75) is 19.4 Å². The van der Waals surface area contributed by atoms with Gasteiger partial charge in [-0.2, -0.15) is 0 Å². The van der Waals surface area contributed by atoms with Crippen molar-refractivity contribution in [2.75, 3.05) is 26.0 Å². The summed E-state index contributed by atoms with van der Waals surface area (Å²) in [5, 5.41) is 2.67. The number of esters is 1. The maximum Gasteiger partial charge on any atom is 0.338 e. The Balaban J connectivity index is 2.40. The van der Waals surface area contributed by atoms with Crippen LogP contribution in [0.1, 0.15) is 23.7 Å². The summed E-state index contributed by atoms with van der Waals surface area (Å²) < 4.78 is 9.94. The molecular formula is C14H20N2O4. The van der Waals surface area contributed by atoms with Crippen molar-refractivity contribution in [1.82, 2.24) is 5.32 Å². The number of benzene rings is 1. The lowest BCUT2D eigenvalue weighted by Crippen LogP contribution is -2.36. The summed E-state index contributed by atoms with van der Waals surface area (Å²) in [6.45, 7) is 2.58. The second-order valence-electron chi connectivity index (χ2n) is 4.31. The number of hydrogen-bond acceptors (Lipinski definition) is 5. The molecule has 0 fully saturated rings. The van der Waals surface area contributed by atoms with Crippen molar-refractivity contribution in [3.63, 3.8) is 0 Å². The van der Waals surface area contributed by atoms with Gasteiger partial charge in [0.15, 0.2) is 6.10 Å². The molecular weight excluding hydrogens is 260 g/mol. The second kappa shape index (κ2) is 8.16. The molecule has 6 nitrogen and oxygen atoms in total. The number of nitrogens with two attached hydrogens (primary N) is 1. The largest absolute Gasteiger partial charge is 0.449 e. The van der Waals surface area contributed by atoms with Gasteiger partial charge in [-0.25, -0.2) is 4.79 Å². The molecule has 1 rings (SSSR count). The summed E-state index contributed by atoms with van der Waals surface area (Å²) in [6.07, 6.45) is -0.136. The molecule has 0 aliphatic heterocycles. The predicted octanol–water partition coefficient (Wildman–Crippen LogP) is 0.967. The number of carbonyl (C=O) groups is 2. The van der Waals surface area contributed by atoms with Gasteiger partial charge in [-0.05, 0) is 37.6 Å². The summed E-state index contributed by atoms with van der Waals surface area (Å²) in [7, 11) is 1.60. The van der Waals surface area contributed by atoms with Crippen molar-refractivity contribution >= 4 is 17.6 Å². The van der Waals surface area contributed by atoms with E-state index in [0.717, 1.165) is 0 Å². The molecule has 20 heavy (non-hydrogen) atoms. The third-order valence-corrected chi connectivity index (χ3v) is 2.62. The molecule has 1 unspecified atom stereocenters. The van der Waals surface area contributed by atoms with Crippen molar-refractivity contribution < 1.29 is 19.1 Å². The Bertz CT molecular complexity index is 445. The van der Waals surface area contributed by atoms with E-state index >= 15 is 0 Å². The van der Waals surface area contributed by atoms with Crippen LogP contribution in [0.3, 0.4) is 0 Å². The fraction of sp³-hybridized carbons (Fsp3) is 0.429. The quantitative estimate of drug-likeness (QED) is 0.441. The Hall–Kier alpha value is -2.08. The van der Waals surface area contributed by atoms with Gasteiger partial charge in [-0.1, -0.05) is 0 Å². The van der Waals surface area contributed by atoms with Gasteiger partial charge in [-0.3, -0.25) is 4.79 Å². The molecule has 0 aliphatic rings. The molecule has 1 amide bonds. The van der Waals surface area contributed by atoms with E-state index in [1.165, 1.54) is 6.92 Å². The summed E-state index contributed by atoms with van der Waals surface area (Å²) in [5.74, 6) is -0.880. The highest BCUT2D eigenvalue weighted by Gasteiger charge is 2.18. The van der Waals surface area contributed by atoms with Crippen LogP contribution in [0, 0.1) is 0 Å². The van der Waals surface area contributed by atoms with E-state index in [2.05, 4.69) is 5.32 Å². The van der Waals surface area contributed by atoms with Gasteiger partial charge >= 0.3 is 5.97 Å². The number of anilines is 1. The molecule has 1 aromatic carbocycles. The first-order valence-corrected chi connectivity index (χ1v) is 6.37. The first-order chi connectivity index (χ1) is 9.54. The molecule has 1 aromatic rings. The SMILES string of the molecule is COCCCNC(=O)C(C)OC(=O)c1ccc(N)cc1. The molecule has 3 N–H and O–H groups in total. The van der Waals surface area contributed by atoms with Gasteiger partial charge in [0.25, 0.3) is 5.91 Å². The normalized spacial score (nSPS) is 11.7. The van der Waals surface area contributed by atoms with Crippen LogP contribution in [-0.2, 0) is 14.3 Å². The van der Waals surface area contributed by atoms with Crippen LogP contribution in [0.5, 0.6) is 0 Å². The van der Waals surface area contributed by atoms with E-state index in [4.69, 9.17) is 15.2 Å². The van der Waals surface area contributed by atoms with Crippen molar-refractivity contribution in [1.29, 1.82) is 0 Å². The summed E-state index contributed by atoms with van der Waals surface area (Å²) in [5.41, 5.74) is 6.45. The van der Waals surface area contributed by atoms with Gasteiger partial charge in [0.2, 0.25) is 0 Å². The van der Waals surface area contributed by atoms with Crippen LogP contribution in [0.2, 0.25) is 0 Å². The average Bonchev–Trinajstić information content (AvgIpc) is 2.44. The monoisotopic (exact) mass is 280 g/mol. The lowest BCUT2D eigenvalue weighted by atomic mass is 10.2. The first-order valence-electron chi connectivity index (χ1n) is 6.37. The number of rotatable bonds is 7. The zero-order chi connectivity index (χ0) is 15.0. The Morgan fingerprint density at radius 1 is 1.30 bits per heavy atom. The molecule has 0 bridgehead atoms. The van der Waals surface area contributed by atoms with E-state index in [1.54, 1.807) is 31.4 Å². The van der Waals surface area contributed by atoms with Gasteiger partial charge in [0, 0.05) is 25.9 Å². The molecule has 0 spiro atoms. The number of hydrogen-bond donors (Lipinski definition) is 2. The highest BCUT2D eigenvalue weighted by Crippen LogP contribution is 2.08. The fourth-order valence-corrected chi connectivity index (χ4v) is 1.47. The summed E-state index contributed by atoms with van der Waals surface area (Å²) in [4.78, 5) is 23.5. The molecule has 0 radical (unpaired) electrons. The zero-order valence-corrected chi connectivity index (χ0v) is 11.7. The number of carbonyl (C=O) groups excluding carboxylic acids is 2. The Kier molecular flexibility index (Phi) is 6.52. The number of nitrogen functional groups attached to an aromatic ring is 1. The molecule has 1 atom stereocenters. The van der Waals surface area contributed by atoms with Crippen molar-refractivity contribution in [3.8, 4) is 0 Å². The van der Waals surface area contributed by atoms with Crippen LogP contribution in [0.15, 0.2) is 24.3 Å². The number of nitrogens with one attached hydrogen (secondary N) is 1. The van der Waals surface area contributed by atoms with E-state index in [1.807, 2.05) is 0 Å². The minimum absolute atomic E-state index is 0.329. The molecule has 0 saturated carbocycles. The fourth-order valence-electron chi connectivity index (χ4n) is 1.47. The number of amides is 1. The Morgan fingerprint density at radius 3 is 2.55 bits per heavy atom. The van der Waals surface area contributed by atoms with Gasteiger partial charge < -0.3 is 20.5 Å². The standard InChI is InChI=1S/C14H20N2O4/c1-10(13(17)16-8-3-9-19-2)20-14(18)11-4-6-12(15)7-5-11/h4-7,10H,3,8-9,15H2,1-2H3,(H,16,17). The van der Waals surface area contributed by atoms with E-state index in [-0.39, 0.29) is 5.91 Å². The lowest BCUT2D eigenvalue weighted by molar-refractivity contribution is -0.129. The third kappa shape index (κ3) is 5.27. The Morgan fingerprint density at radius 2 is 1.95 bits per heavy atom. The van der Waals surface area contributed by atoms with Crippen molar-refractivity contribution in [3.05, 3.63) is 29.8 Å². The van der Waals surface area contributed by atoms with Crippen LogP contribution in [0.4, 0.5) is 5.69 Å². The lowest BCUT2D eigenvalue weighted by Gasteiger charge is -2.13. The highest BCUT2D eigenvalue weighted by atomic mass is 16.5.